The number of carbonyl (C=O) groups is 2. The predicted molar refractivity (Wildman–Crippen MR) is 193 cm³/mol. The number of allylic oxidation sites excluding steroid dienone is 4. The van der Waals surface area contributed by atoms with Gasteiger partial charge in [-0.2, -0.15) is 0 Å². The van der Waals surface area contributed by atoms with Crippen LogP contribution in [0.5, 0.6) is 0 Å². The van der Waals surface area contributed by atoms with Gasteiger partial charge in [-0.3, -0.25) is 0 Å². The van der Waals surface area contributed by atoms with E-state index in [0.29, 0.717) is 12.8 Å². The van der Waals surface area contributed by atoms with E-state index in [1.807, 2.05) is 19.1 Å². The average molecular weight is 780 g/mol. The molecule has 6 rings (SSSR count). The minimum atomic E-state index is -4.80. The van der Waals surface area contributed by atoms with E-state index >= 15 is 0 Å². The third-order valence-electron chi connectivity index (χ3n) is 9.75. The van der Waals surface area contributed by atoms with Crippen LogP contribution in [0.4, 0.5) is 0 Å². The summed E-state index contributed by atoms with van der Waals surface area (Å²) in [6.07, 6.45) is 12.2. The molecule has 47 heavy (non-hydrogen) atoms. The summed E-state index contributed by atoms with van der Waals surface area (Å²) < 4.78 is 14.3. The van der Waals surface area contributed by atoms with Crippen LogP contribution in [-0.4, -0.2) is 59.8 Å². The molecule has 0 aromatic carbocycles. The Morgan fingerprint density at radius 2 is 1.36 bits per heavy atom. The molecule has 0 fully saturated rings. The van der Waals surface area contributed by atoms with Gasteiger partial charge in [-0.1, -0.05) is 0 Å². The number of rotatable bonds is 8. The maximum atomic E-state index is 12.5. The second kappa shape index (κ2) is 12.6. The Morgan fingerprint density at radius 1 is 0.809 bits per heavy atom. The molecule has 0 N–H and O–H groups in total. The van der Waals surface area contributed by atoms with Crippen LogP contribution in [0.2, 0.25) is 0 Å². The van der Waals surface area contributed by atoms with Crippen molar-refractivity contribution in [2.75, 3.05) is 14.2 Å². The summed E-state index contributed by atoms with van der Waals surface area (Å²) in [5.41, 5.74) is 13.0. The molecule has 11 heteroatoms. The fourth-order valence-electron chi connectivity index (χ4n) is 7.13. The van der Waals surface area contributed by atoms with Crippen LogP contribution in [0, 0.1) is 13.8 Å². The van der Waals surface area contributed by atoms with Gasteiger partial charge < -0.3 is 0 Å². The number of nitrogens with zero attached hydrogens (tertiary/aromatic N) is 4. The molecule has 8 nitrogen and oxygen atoms in total. The number of methoxy groups -OCH3 is 2. The third-order valence-corrected chi connectivity index (χ3v) is 20.1. The van der Waals surface area contributed by atoms with Crippen molar-refractivity contribution in [3.8, 4) is 0 Å². The summed E-state index contributed by atoms with van der Waals surface area (Å²) >= 11 is -4.80. The summed E-state index contributed by atoms with van der Waals surface area (Å²) in [4.78, 5) is 35.1. The van der Waals surface area contributed by atoms with Crippen LogP contribution in [0.25, 0.3) is 30.4 Å². The summed E-state index contributed by atoms with van der Waals surface area (Å²) in [7, 11) is 18.7. The zero-order valence-electron chi connectivity index (χ0n) is 27.8. The fraction of sp³-hybridized carbons (Fsp3) is 0.333. The quantitative estimate of drug-likeness (QED) is 0.238. The van der Waals surface area contributed by atoms with E-state index in [9.17, 15) is 9.59 Å². The Balaban J connectivity index is 1.83. The number of esters is 2. The van der Waals surface area contributed by atoms with Crippen LogP contribution in [0.3, 0.4) is 0 Å². The van der Waals surface area contributed by atoms with Crippen LogP contribution in [0.15, 0.2) is 50.3 Å². The maximum absolute atomic E-state index is 12.5. The molecule has 0 saturated carbocycles. The van der Waals surface area contributed by atoms with Crippen molar-refractivity contribution in [3.63, 3.8) is 0 Å². The number of halogens is 2. The number of aliphatic imine (C=N–C) groups is 2. The molecule has 0 amide bonds. The first-order valence-corrected chi connectivity index (χ1v) is 25.5. The van der Waals surface area contributed by atoms with Crippen molar-refractivity contribution in [2.24, 2.45) is 9.98 Å². The van der Waals surface area contributed by atoms with E-state index in [0.717, 1.165) is 95.9 Å². The number of fused-ring (bicyclic) bond motifs is 2. The van der Waals surface area contributed by atoms with Crippen LogP contribution < -0.4 is 10.7 Å². The standard InChI is InChI=1S/C36H38N4O4.2ClH.Sn/c1-9-23-19(3)27-15-28-21(5)25(11-13-35(41)43-7)33(39-28)18-34-26(12-14-36(42)44-8)22(6)30(40-34)17-32-24(10-2)20(4)29(38-32)16-31(23)37-27;;;/h9,15-18H,1,10-14H2,2-8H3;2*1H;/q-2;;;+4/p-2. The van der Waals surface area contributed by atoms with Crippen molar-refractivity contribution < 1.29 is 19.1 Å². The fourth-order valence-corrected chi connectivity index (χ4v) is 18.3. The Kier molecular flexibility index (Phi) is 8.99. The van der Waals surface area contributed by atoms with Gasteiger partial charge in [-0.25, -0.2) is 0 Å². The molecule has 2 aromatic rings. The number of ether oxygens (including phenoxy) is 2. The first kappa shape index (κ1) is 33.6. The summed E-state index contributed by atoms with van der Waals surface area (Å²) in [5.74, 6) is -0.598. The van der Waals surface area contributed by atoms with Gasteiger partial charge in [0.15, 0.2) is 0 Å². The van der Waals surface area contributed by atoms with Gasteiger partial charge in [0, 0.05) is 0 Å². The molecule has 2 aromatic heterocycles. The van der Waals surface area contributed by atoms with Crippen LogP contribution in [-0.2, 0) is 25.5 Å². The Hall–Kier alpha value is -3.34. The first-order chi connectivity index (χ1) is 22.4. The van der Waals surface area contributed by atoms with E-state index in [2.05, 4.69) is 58.1 Å². The normalized spacial score (nSPS) is 17.3. The van der Waals surface area contributed by atoms with E-state index in [1.165, 1.54) is 14.2 Å². The molecule has 0 saturated heterocycles. The number of hydrogen-bond donors (Lipinski definition) is 0. The molecular weight excluding hydrogens is 742 g/mol. The molecule has 6 bridgehead atoms. The van der Waals surface area contributed by atoms with Gasteiger partial charge in [0.25, 0.3) is 0 Å². The van der Waals surface area contributed by atoms with E-state index in [-0.39, 0.29) is 24.8 Å². The molecule has 6 heterocycles. The molecular formula is C36H38Cl2N4O4Sn. The molecule has 0 atom stereocenters. The van der Waals surface area contributed by atoms with E-state index in [1.54, 1.807) is 0 Å². The summed E-state index contributed by atoms with van der Waals surface area (Å²) in [5, 5.41) is 1.66. The Morgan fingerprint density at radius 3 is 1.96 bits per heavy atom. The minimum absolute atomic E-state index is 0.183. The van der Waals surface area contributed by atoms with E-state index < -0.39 is 16.7 Å². The molecule has 0 radical (unpaired) electrons. The van der Waals surface area contributed by atoms with Gasteiger partial charge in [0.1, 0.15) is 0 Å². The van der Waals surface area contributed by atoms with Crippen molar-refractivity contribution >= 4 is 88.3 Å². The summed E-state index contributed by atoms with van der Waals surface area (Å²) in [6, 6.07) is 0. The average Bonchev–Trinajstić information content (AvgIpc) is 3.68. The number of carbonyl (C=O) groups excluding carboxylic acids is 2. The summed E-state index contributed by atoms with van der Waals surface area (Å²) in [6.45, 7) is 14.6. The second-order valence-corrected chi connectivity index (χ2v) is 26.0. The van der Waals surface area contributed by atoms with Gasteiger partial charge >= 0.3 is 288 Å². The zero-order valence-corrected chi connectivity index (χ0v) is 32.2. The molecule has 0 unspecified atom stereocenters. The van der Waals surface area contributed by atoms with E-state index in [4.69, 9.17) is 37.3 Å². The molecule has 244 valence electrons. The van der Waals surface area contributed by atoms with Crippen molar-refractivity contribution in [2.45, 2.75) is 66.7 Å². The molecule has 4 aliphatic rings. The van der Waals surface area contributed by atoms with Crippen molar-refractivity contribution in [1.82, 2.24) is 5.58 Å². The zero-order chi connectivity index (χ0) is 33.9. The predicted octanol–water partition coefficient (Wildman–Crippen LogP) is 6.14. The SMILES string of the molecule is C=Cc1c(C)c2[n]3c1C=C1N=C(C=c4c(C)c(CCC(=O)OC)c([n]4[Sn]3([Cl])[Cl])=CC3=NC(=C2)C(C)=C3CCC(=O)OC)C(CC)=C1C. The van der Waals surface area contributed by atoms with Gasteiger partial charge in [0.05, 0.1) is 0 Å². The first-order valence-electron chi connectivity index (χ1n) is 15.7. The molecule has 0 aliphatic carbocycles. The van der Waals surface area contributed by atoms with Gasteiger partial charge in [-0.05, 0) is 0 Å². The monoisotopic (exact) mass is 780 g/mol. The van der Waals surface area contributed by atoms with Crippen molar-refractivity contribution in [3.05, 3.63) is 84.6 Å². The molecule has 4 aliphatic heterocycles. The Bertz CT molecular complexity index is 2120. The van der Waals surface area contributed by atoms with Gasteiger partial charge in [-0.15, -0.1) is 0 Å². The van der Waals surface area contributed by atoms with Gasteiger partial charge in [0.2, 0.25) is 0 Å². The third kappa shape index (κ3) is 5.36. The van der Waals surface area contributed by atoms with Crippen LogP contribution >= 0.6 is 17.8 Å². The van der Waals surface area contributed by atoms with Crippen LogP contribution in [0.1, 0.15) is 80.1 Å². The number of aromatic nitrogens is 2. The van der Waals surface area contributed by atoms with Crippen molar-refractivity contribution in [1.29, 1.82) is 0 Å². The number of hydrogen-bond acceptors (Lipinski definition) is 6. The second-order valence-electron chi connectivity index (χ2n) is 12.1. The molecule has 0 spiro atoms. The Labute approximate surface area is 286 Å². The topological polar surface area (TPSA) is 87.2 Å².